The van der Waals surface area contributed by atoms with Crippen LogP contribution < -0.4 is 0 Å². The van der Waals surface area contributed by atoms with E-state index in [1.165, 1.54) is 12.1 Å². The molecule has 3 rings (SSSR count). The number of furan rings is 1. The van der Waals surface area contributed by atoms with Crippen molar-refractivity contribution in [2.75, 3.05) is 32.4 Å². The third-order valence-corrected chi connectivity index (χ3v) is 6.03. The van der Waals surface area contributed by atoms with Gasteiger partial charge in [-0.1, -0.05) is 35.3 Å². The van der Waals surface area contributed by atoms with E-state index >= 15 is 0 Å². The van der Waals surface area contributed by atoms with E-state index in [0.29, 0.717) is 42.8 Å². The lowest BCUT2D eigenvalue weighted by atomic mass is 10.2. The average Bonchev–Trinajstić information content (AvgIpc) is 3.05. The Balaban J connectivity index is 1.57. The summed E-state index contributed by atoms with van der Waals surface area (Å²) in [6.07, 6.45) is 1.13. The SMILES string of the molecule is CS(=O)(=O)Cc1ccc(C(=O)N2CCN(Cc3cccc(Cl)c3Cl)CC2)o1. The Hall–Kier alpha value is -1.54. The average molecular weight is 431 g/mol. The highest BCUT2D eigenvalue weighted by molar-refractivity contribution is 7.89. The molecule has 0 atom stereocenters. The van der Waals surface area contributed by atoms with Crippen LogP contribution in [0.3, 0.4) is 0 Å². The molecule has 0 spiro atoms. The number of hydrogen-bond acceptors (Lipinski definition) is 5. The number of hydrogen-bond donors (Lipinski definition) is 0. The van der Waals surface area contributed by atoms with Crippen LogP contribution in [0.5, 0.6) is 0 Å². The summed E-state index contributed by atoms with van der Waals surface area (Å²) in [5.41, 5.74) is 0.959. The number of carbonyl (C=O) groups is 1. The molecule has 0 saturated carbocycles. The Morgan fingerprint density at radius 3 is 2.48 bits per heavy atom. The number of piperazine rings is 1. The molecule has 0 bridgehead atoms. The highest BCUT2D eigenvalue weighted by atomic mass is 35.5. The van der Waals surface area contributed by atoms with Gasteiger partial charge in [-0.2, -0.15) is 0 Å². The molecular formula is C18H20Cl2N2O4S. The van der Waals surface area contributed by atoms with Crippen molar-refractivity contribution in [3.63, 3.8) is 0 Å². The first-order chi connectivity index (χ1) is 12.7. The minimum atomic E-state index is -3.20. The van der Waals surface area contributed by atoms with Crippen molar-refractivity contribution >= 4 is 38.9 Å². The monoisotopic (exact) mass is 430 g/mol. The number of rotatable bonds is 5. The third kappa shape index (κ3) is 5.25. The second-order valence-electron chi connectivity index (χ2n) is 6.62. The molecular weight excluding hydrogens is 411 g/mol. The van der Waals surface area contributed by atoms with Crippen molar-refractivity contribution < 1.29 is 17.6 Å². The predicted octanol–water partition coefficient (Wildman–Crippen LogP) is 3.09. The van der Waals surface area contributed by atoms with Crippen molar-refractivity contribution in [1.29, 1.82) is 0 Å². The Bertz CT molecular complexity index is 935. The number of sulfone groups is 1. The van der Waals surface area contributed by atoms with Gasteiger partial charge in [-0.25, -0.2) is 8.42 Å². The van der Waals surface area contributed by atoms with Crippen LogP contribution in [0.15, 0.2) is 34.7 Å². The van der Waals surface area contributed by atoms with Gasteiger partial charge in [-0.3, -0.25) is 9.69 Å². The molecule has 146 valence electrons. The van der Waals surface area contributed by atoms with Crippen LogP contribution in [0.4, 0.5) is 0 Å². The summed E-state index contributed by atoms with van der Waals surface area (Å²) in [7, 11) is -3.20. The van der Waals surface area contributed by atoms with Crippen LogP contribution in [0.1, 0.15) is 21.9 Å². The van der Waals surface area contributed by atoms with Crippen LogP contribution in [0.25, 0.3) is 0 Å². The summed E-state index contributed by atoms with van der Waals surface area (Å²) in [4.78, 5) is 16.5. The number of benzene rings is 1. The van der Waals surface area contributed by atoms with Gasteiger partial charge in [0.05, 0.1) is 10.0 Å². The van der Waals surface area contributed by atoms with Gasteiger partial charge < -0.3 is 9.32 Å². The first-order valence-corrected chi connectivity index (χ1v) is 11.3. The van der Waals surface area contributed by atoms with Crippen molar-refractivity contribution in [2.24, 2.45) is 0 Å². The summed E-state index contributed by atoms with van der Waals surface area (Å²) in [6.45, 7) is 3.18. The summed E-state index contributed by atoms with van der Waals surface area (Å²) in [5.74, 6) is -0.000634. The Morgan fingerprint density at radius 1 is 1.11 bits per heavy atom. The summed E-state index contributed by atoms with van der Waals surface area (Å²) in [5, 5.41) is 1.09. The standard InChI is InChI=1S/C18H20Cl2N2O4S/c1-27(24,25)12-14-5-6-16(26-14)18(23)22-9-7-21(8-10-22)11-13-3-2-4-15(19)17(13)20/h2-6H,7-12H2,1H3. The topological polar surface area (TPSA) is 70.8 Å². The van der Waals surface area contributed by atoms with Crippen LogP contribution >= 0.6 is 23.2 Å². The summed E-state index contributed by atoms with van der Waals surface area (Å²) >= 11 is 12.3. The molecule has 0 radical (unpaired) electrons. The van der Waals surface area contributed by atoms with Gasteiger partial charge >= 0.3 is 0 Å². The van der Waals surface area contributed by atoms with Crippen molar-refractivity contribution in [3.05, 3.63) is 57.5 Å². The molecule has 1 aliphatic heterocycles. The highest BCUT2D eigenvalue weighted by Gasteiger charge is 2.25. The third-order valence-electron chi connectivity index (χ3n) is 4.36. The summed E-state index contributed by atoms with van der Waals surface area (Å²) < 4.78 is 28.1. The van der Waals surface area contributed by atoms with E-state index in [0.717, 1.165) is 11.8 Å². The fourth-order valence-corrected chi connectivity index (χ4v) is 4.06. The lowest BCUT2D eigenvalue weighted by Gasteiger charge is -2.34. The van der Waals surface area contributed by atoms with Crippen molar-refractivity contribution in [1.82, 2.24) is 9.80 Å². The van der Waals surface area contributed by atoms with E-state index in [1.54, 1.807) is 11.0 Å². The molecule has 0 unspecified atom stereocenters. The first-order valence-electron chi connectivity index (χ1n) is 8.44. The summed E-state index contributed by atoms with van der Waals surface area (Å²) in [6, 6.07) is 8.63. The van der Waals surface area contributed by atoms with E-state index in [-0.39, 0.29) is 23.2 Å². The van der Waals surface area contributed by atoms with Gasteiger partial charge in [0.25, 0.3) is 5.91 Å². The second kappa shape index (κ2) is 8.22. The molecule has 1 aliphatic rings. The Morgan fingerprint density at radius 2 is 1.81 bits per heavy atom. The minimum Gasteiger partial charge on any atom is -0.455 e. The van der Waals surface area contributed by atoms with Gasteiger partial charge in [0.15, 0.2) is 15.6 Å². The van der Waals surface area contributed by atoms with Crippen molar-refractivity contribution in [2.45, 2.75) is 12.3 Å². The van der Waals surface area contributed by atoms with E-state index in [9.17, 15) is 13.2 Å². The number of amides is 1. The van der Waals surface area contributed by atoms with Gasteiger partial charge in [0.2, 0.25) is 0 Å². The van der Waals surface area contributed by atoms with Gasteiger partial charge in [-0.05, 0) is 23.8 Å². The first kappa shape index (κ1) is 20.2. The van der Waals surface area contributed by atoms with E-state index in [2.05, 4.69) is 4.90 Å². The largest absolute Gasteiger partial charge is 0.455 e. The molecule has 2 heterocycles. The predicted molar refractivity (Wildman–Crippen MR) is 105 cm³/mol. The maximum absolute atomic E-state index is 12.6. The van der Waals surface area contributed by atoms with Crippen LogP contribution in [0.2, 0.25) is 10.0 Å². The fraction of sp³-hybridized carbons (Fsp3) is 0.389. The number of carbonyl (C=O) groups excluding carboxylic acids is 1. The van der Waals surface area contributed by atoms with Crippen LogP contribution in [-0.2, 0) is 22.1 Å². The van der Waals surface area contributed by atoms with E-state index in [1.807, 2.05) is 12.1 Å². The molecule has 0 aliphatic carbocycles. The van der Waals surface area contributed by atoms with Crippen LogP contribution in [-0.4, -0.2) is 56.6 Å². The molecule has 1 aromatic carbocycles. The molecule has 1 aromatic heterocycles. The lowest BCUT2D eigenvalue weighted by Crippen LogP contribution is -2.48. The van der Waals surface area contributed by atoms with E-state index in [4.69, 9.17) is 27.6 Å². The Labute approximate surface area is 168 Å². The lowest BCUT2D eigenvalue weighted by molar-refractivity contribution is 0.0596. The highest BCUT2D eigenvalue weighted by Crippen LogP contribution is 2.27. The maximum atomic E-state index is 12.6. The fourth-order valence-electron chi connectivity index (χ4n) is 3.01. The van der Waals surface area contributed by atoms with E-state index < -0.39 is 9.84 Å². The molecule has 6 nitrogen and oxygen atoms in total. The maximum Gasteiger partial charge on any atom is 0.289 e. The molecule has 27 heavy (non-hydrogen) atoms. The normalized spacial score (nSPS) is 15.9. The van der Waals surface area contributed by atoms with Crippen LogP contribution in [0, 0.1) is 0 Å². The zero-order valence-corrected chi connectivity index (χ0v) is 17.1. The smallest absolute Gasteiger partial charge is 0.289 e. The zero-order chi connectivity index (χ0) is 19.6. The molecule has 1 fully saturated rings. The molecule has 2 aromatic rings. The molecule has 1 saturated heterocycles. The van der Waals surface area contributed by atoms with Crippen molar-refractivity contribution in [3.8, 4) is 0 Å². The minimum absolute atomic E-state index is 0.167. The van der Waals surface area contributed by atoms with Gasteiger partial charge in [-0.15, -0.1) is 0 Å². The molecule has 1 amide bonds. The number of nitrogens with zero attached hydrogens (tertiary/aromatic N) is 2. The zero-order valence-electron chi connectivity index (χ0n) is 14.8. The Kier molecular flexibility index (Phi) is 6.15. The van der Waals surface area contributed by atoms with Gasteiger partial charge in [0, 0.05) is 39.0 Å². The second-order valence-corrected chi connectivity index (χ2v) is 9.54. The molecule has 0 N–H and O–H groups in total. The van der Waals surface area contributed by atoms with Gasteiger partial charge in [0.1, 0.15) is 11.5 Å². The quantitative estimate of drug-likeness (QED) is 0.728. The molecule has 9 heteroatoms. The number of halogens is 2.